The van der Waals surface area contributed by atoms with Gasteiger partial charge < -0.3 is 11.1 Å². The zero-order chi connectivity index (χ0) is 19.0. The lowest BCUT2D eigenvalue weighted by atomic mass is 9.90. The molecular formula is C20H16N4O3. The van der Waals surface area contributed by atoms with Crippen LogP contribution in [0.3, 0.4) is 0 Å². The third-order valence-electron chi connectivity index (χ3n) is 4.61. The van der Waals surface area contributed by atoms with E-state index in [-0.39, 0.29) is 11.7 Å². The van der Waals surface area contributed by atoms with Gasteiger partial charge in [0.05, 0.1) is 22.4 Å². The molecule has 0 fully saturated rings. The summed E-state index contributed by atoms with van der Waals surface area (Å²) in [6.45, 7) is 0.466. The Morgan fingerprint density at radius 1 is 1.19 bits per heavy atom. The molecule has 0 bridgehead atoms. The normalized spacial score (nSPS) is 17.3. The average molecular weight is 360 g/mol. The Bertz CT molecular complexity index is 1040. The molecule has 27 heavy (non-hydrogen) atoms. The molecule has 7 nitrogen and oxygen atoms in total. The summed E-state index contributed by atoms with van der Waals surface area (Å²) in [6, 6.07) is 13.8. The van der Waals surface area contributed by atoms with Gasteiger partial charge in [0.15, 0.2) is 0 Å². The highest BCUT2D eigenvalue weighted by Gasteiger charge is 2.30. The summed E-state index contributed by atoms with van der Waals surface area (Å²) in [6.07, 6.45) is 3.54. The first-order valence-corrected chi connectivity index (χ1v) is 8.41. The molecule has 134 valence electrons. The van der Waals surface area contributed by atoms with E-state index in [2.05, 4.69) is 5.32 Å². The average Bonchev–Trinajstić information content (AvgIpc) is 3.05. The van der Waals surface area contributed by atoms with Gasteiger partial charge in [-0.15, -0.1) is 0 Å². The molecule has 1 aliphatic heterocycles. The van der Waals surface area contributed by atoms with Crippen molar-refractivity contribution in [3.05, 3.63) is 87.5 Å². The van der Waals surface area contributed by atoms with E-state index in [4.69, 9.17) is 10.7 Å². The molecule has 7 heteroatoms. The summed E-state index contributed by atoms with van der Waals surface area (Å²) in [4.78, 5) is 26.8. The number of fused-ring (bicyclic) bond motifs is 3. The standard InChI is InChI=1S/C20H16N4O3/c21-20(25)13-9-16-15-3-1-2-4-17(15)23-19(16)18(10-13)22-11-12-5-7-14(8-6-12)24(26)27/h1-10,18,22H,11H2,(H2,21,25). The number of para-hydroxylation sites is 1. The Balaban J connectivity index is 1.59. The number of primary amides is 1. The van der Waals surface area contributed by atoms with Crippen molar-refractivity contribution in [3.63, 3.8) is 0 Å². The lowest BCUT2D eigenvalue weighted by Gasteiger charge is -2.21. The van der Waals surface area contributed by atoms with Crippen LogP contribution in [0.4, 0.5) is 11.4 Å². The summed E-state index contributed by atoms with van der Waals surface area (Å²) >= 11 is 0. The molecule has 2 aliphatic rings. The monoisotopic (exact) mass is 360 g/mol. The van der Waals surface area contributed by atoms with Crippen LogP contribution in [-0.4, -0.2) is 22.6 Å². The number of hydrogen-bond acceptors (Lipinski definition) is 5. The van der Waals surface area contributed by atoms with Crippen LogP contribution in [-0.2, 0) is 11.3 Å². The van der Waals surface area contributed by atoms with Gasteiger partial charge in [0.1, 0.15) is 0 Å². The van der Waals surface area contributed by atoms with Gasteiger partial charge in [-0.2, -0.15) is 0 Å². The maximum atomic E-state index is 11.8. The Morgan fingerprint density at radius 3 is 2.63 bits per heavy atom. The second-order valence-electron chi connectivity index (χ2n) is 6.34. The van der Waals surface area contributed by atoms with Crippen LogP contribution in [0, 0.1) is 10.1 Å². The molecule has 2 aromatic carbocycles. The van der Waals surface area contributed by atoms with Crippen LogP contribution in [0.1, 0.15) is 11.1 Å². The fourth-order valence-corrected chi connectivity index (χ4v) is 3.25. The van der Waals surface area contributed by atoms with E-state index in [9.17, 15) is 14.9 Å². The van der Waals surface area contributed by atoms with E-state index in [1.165, 1.54) is 12.1 Å². The maximum absolute atomic E-state index is 11.8. The number of benzene rings is 2. The van der Waals surface area contributed by atoms with E-state index in [0.29, 0.717) is 12.1 Å². The first-order valence-electron chi connectivity index (χ1n) is 8.41. The Kier molecular flexibility index (Phi) is 4.13. The molecule has 1 atom stereocenters. The maximum Gasteiger partial charge on any atom is 0.269 e. The van der Waals surface area contributed by atoms with Gasteiger partial charge in [-0.25, -0.2) is 0 Å². The molecule has 0 radical (unpaired) electrons. The third kappa shape index (κ3) is 3.16. The number of nitrogens with zero attached hydrogens (tertiary/aromatic N) is 2. The van der Waals surface area contributed by atoms with E-state index in [1.54, 1.807) is 24.3 Å². The number of amides is 1. The highest BCUT2D eigenvalue weighted by atomic mass is 16.6. The van der Waals surface area contributed by atoms with Crippen LogP contribution >= 0.6 is 0 Å². The van der Waals surface area contributed by atoms with E-state index in [0.717, 1.165) is 28.1 Å². The summed E-state index contributed by atoms with van der Waals surface area (Å²) in [5.41, 5.74) is 10.4. The second-order valence-corrected chi connectivity index (χ2v) is 6.34. The van der Waals surface area contributed by atoms with Crippen LogP contribution in [0.2, 0.25) is 0 Å². The highest BCUT2D eigenvalue weighted by molar-refractivity contribution is 6.33. The zero-order valence-electron chi connectivity index (χ0n) is 14.3. The Labute approximate surface area is 155 Å². The van der Waals surface area contributed by atoms with Crippen LogP contribution in [0.15, 0.2) is 71.2 Å². The van der Waals surface area contributed by atoms with Crippen molar-refractivity contribution in [2.45, 2.75) is 12.6 Å². The topological polar surface area (TPSA) is 111 Å². The minimum atomic E-state index is -0.493. The first-order chi connectivity index (χ1) is 13.0. The zero-order valence-corrected chi connectivity index (χ0v) is 14.3. The molecule has 0 saturated heterocycles. The van der Waals surface area contributed by atoms with E-state index >= 15 is 0 Å². The largest absolute Gasteiger partial charge is 0.366 e. The van der Waals surface area contributed by atoms with E-state index < -0.39 is 10.8 Å². The third-order valence-corrected chi connectivity index (χ3v) is 4.61. The summed E-state index contributed by atoms with van der Waals surface area (Å²) in [7, 11) is 0. The number of nitrogens with two attached hydrogens (primary N) is 1. The van der Waals surface area contributed by atoms with Gasteiger partial charge in [-0.3, -0.25) is 19.9 Å². The van der Waals surface area contributed by atoms with Gasteiger partial charge in [0.25, 0.3) is 5.69 Å². The number of nitro benzene ring substituents is 1. The molecule has 0 saturated carbocycles. The SMILES string of the molecule is NC(=O)C1=CC(NCc2ccc([N+](=O)[O-])cc2)C2=Nc3ccccc3C2=C1. The van der Waals surface area contributed by atoms with Crippen LogP contribution < -0.4 is 11.1 Å². The molecule has 2 aromatic rings. The molecule has 1 aliphatic carbocycles. The predicted octanol–water partition coefficient (Wildman–Crippen LogP) is 2.65. The fraction of sp³-hybridized carbons (Fsp3) is 0.100. The van der Waals surface area contributed by atoms with Crippen molar-refractivity contribution in [1.82, 2.24) is 5.32 Å². The number of nitrogens with one attached hydrogen (secondary N) is 1. The molecule has 1 amide bonds. The van der Waals surface area contributed by atoms with Crippen molar-refractivity contribution in [2.24, 2.45) is 10.7 Å². The number of rotatable bonds is 5. The van der Waals surface area contributed by atoms with Crippen molar-refractivity contribution in [1.29, 1.82) is 0 Å². The number of non-ortho nitro benzene ring substituents is 1. The number of aliphatic imine (C=N–C) groups is 1. The Morgan fingerprint density at radius 2 is 1.93 bits per heavy atom. The highest BCUT2D eigenvalue weighted by Crippen LogP contribution is 2.38. The molecule has 3 N–H and O–H groups in total. The van der Waals surface area contributed by atoms with Crippen molar-refractivity contribution < 1.29 is 9.72 Å². The molecule has 0 spiro atoms. The minimum absolute atomic E-state index is 0.0492. The van der Waals surface area contributed by atoms with Crippen LogP contribution in [0.5, 0.6) is 0 Å². The number of carbonyl (C=O) groups is 1. The van der Waals surface area contributed by atoms with Crippen LogP contribution in [0.25, 0.3) is 5.57 Å². The number of nitro groups is 1. The van der Waals surface area contributed by atoms with Crippen molar-refractivity contribution in [2.75, 3.05) is 0 Å². The smallest absolute Gasteiger partial charge is 0.269 e. The molecular weight excluding hydrogens is 344 g/mol. The number of hydrogen-bond donors (Lipinski definition) is 2. The molecule has 0 aromatic heterocycles. The van der Waals surface area contributed by atoms with Crippen molar-refractivity contribution >= 4 is 28.6 Å². The number of carbonyl (C=O) groups excluding carboxylic acids is 1. The van der Waals surface area contributed by atoms with Crippen molar-refractivity contribution in [3.8, 4) is 0 Å². The molecule has 4 rings (SSSR count). The lowest BCUT2D eigenvalue weighted by molar-refractivity contribution is -0.384. The van der Waals surface area contributed by atoms with Gasteiger partial charge in [0.2, 0.25) is 5.91 Å². The van der Waals surface area contributed by atoms with Gasteiger partial charge in [0, 0.05) is 35.4 Å². The van der Waals surface area contributed by atoms with Gasteiger partial charge in [-0.1, -0.05) is 30.3 Å². The molecule has 1 unspecified atom stereocenters. The minimum Gasteiger partial charge on any atom is -0.366 e. The first kappa shape index (κ1) is 16.9. The lowest BCUT2D eigenvalue weighted by Crippen LogP contribution is -2.37. The quantitative estimate of drug-likeness (QED) is 0.631. The predicted molar refractivity (Wildman–Crippen MR) is 103 cm³/mol. The fourth-order valence-electron chi connectivity index (χ4n) is 3.25. The van der Waals surface area contributed by atoms with Gasteiger partial charge in [-0.05, 0) is 23.8 Å². The summed E-state index contributed by atoms with van der Waals surface area (Å²) in [5.74, 6) is -0.493. The summed E-state index contributed by atoms with van der Waals surface area (Å²) < 4.78 is 0. The van der Waals surface area contributed by atoms with E-state index in [1.807, 2.05) is 24.3 Å². The Hall–Kier alpha value is -3.58. The summed E-state index contributed by atoms with van der Waals surface area (Å²) in [5, 5.41) is 14.1. The molecule has 1 heterocycles. The van der Waals surface area contributed by atoms with Gasteiger partial charge >= 0.3 is 0 Å². The second kappa shape index (κ2) is 6.62.